The van der Waals surface area contributed by atoms with Crippen molar-refractivity contribution in [2.24, 2.45) is 0 Å². The number of hydrogen-bond donors (Lipinski definition) is 1. The number of rotatable bonds is 4. The normalized spacial score (nSPS) is 10.7. The third-order valence-electron chi connectivity index (χ3n) is 2.53. The second-order valence-electron chi connectivity index (χ2n) is 4.02. The molecule has 1 heterocycles. The lowest BCUT2D eigenvalue weighted by Crippen LogP contribution is -2.00. The van der Waals surface area contributed by atoms with Crippen LogP contribution in [-0.4, -0.2) is 23.2 Å². The summed E-state index contributed by atoms with van der Waals surface area (Å²) in [5.41, 5.74) is 2.06. The Morgan fingerprint density at radius 1 is 1.53 bits per heavy atom. The number of nitrogens with zero attached hydrogens (tertiary/aromatic N) is 1. The first-order valence-electron chi connectivity index (χ1n) is 5.51. The molecule has 0 spiro atoms. The Morgan fingerprint density at radius 2 is 2.26 bits per heavy atom. The van der Waals surface area contributed by atoms with E-state index >= 15 is 0 Å². The van der Waals surface area contributed by atoms with Gasteiger partial charge in [-0.1, -0.05) is 6.07 Å². The predicted molar refractivity (Wildman–Crippen MR) is 72.0 cm³/mol. The predicted octanol–water partition coefficient (Wildman–Crippen LogP) is 3.26. The van der Waals surface area contributed by atoms with Crippen molar-refractivity contribution in [2.45, 2.75) is 13.5 Å². The molecule has 0 amide bonds. The smallest absolute Gasteiger partial charge is 0.373 e. The van der Waals surface area contributed by atoms with E-state index in [0.29, 0.717) is 5.56 Å². The Kier molecular flexibility index (Phi) is 4.01. The van der Waals surface area contributed by atoms with Crippen molar-refractivity contribution in [3.05, 3.63) is 39.7 Å². The molecule has 2 aromatic rings. The first-order chi connectivity index (χ1) is 9.02. The van der Waals surface area contributed by atoms with Gasteiger partial charge in [0, 0.05) is 11.6 Å². The van der Waals surface area contributed by atoms with Crippen molar-refractivity contribution in [2.75, 3.05) is 7.11 Å². The second-order valence-corrected chi connectivity index (χ2v) is 4.87. The van der Waals surface area contributed by atoms with Gasteiger partial charge in [-0.25, -0.2) is 9.78 Å². The van der Waals surface area contributed by atoms with Crippen LogP contribution in [0.4, 0.5) is 0 Å². The molecule has 0 radical (unpaired) electrons. The van der Waals surface area contributed by atoms with Crippen molar-refractivity contribution in [1.82, 2.24) is 4.98 Å². The highest BCUT2D eigenvalue weighted by molar-refractivity contribution is 9.10. The van der Waals surface area contributed by atoms with Crippen LogP contribution in [0.5, 0.6) is 0 Å². The van der Waals surface area contributed by atoms with Gasteiger partial charge in [0.1, 0.15) is 5.69 Å². The van der Waals surface area contributed by atoms with E-state index in [1.807, 2.05) is 25.1 Å². The van der Waals surface area contributed by atoms with E-state index in [-0.39, 0.29) is 24.0 Å². The van der Waals surface area contributed by atoms with Crippen molar-refractivity contribution < 1.29 is 19.1 Å². The minimum Gasteiger partial charge on any atom is -0.475 e. The van der Waals surface area contributed by atoms with Gasteiger partial charge in [-0.05, 0) is 40.5 Å². The largest absolute Gasteiger partial charge is 0.475 e. The molecule has 0 aliphatic carbocycles. The Labute approximate surface area is 118 Å². The zero-order valence-corrected chi connectivity index (χ0v) is 12.0. The summed E-state index contributed by atoms with van der Waals surface area (Å²) < 4.78 is 11.0. The number of methoxy groups -OCH3 is 1. The van der Waals surface area contributed by atoms with Crippen molar-refractivity contribution in [3.8, 4) is 11.5 Å². The summed E-state index contributed by atoms with van der Waals surface area (Å²) in [6.07, 6.45) is 0. The first-order valence-corrected chi connectivity index (χ1v) is 6.30. The third-order valence-corrected chi connectivity index (χ3v) is 3.18. The number of ether oxygens (including phenoxy) is 1. The van der Waals surface area contributed by atoms with E-state index in [1.54, 1.807) is 0 Å². The van der Waals surface area contributed by atoms with Crippen LogP contribution < -0.4 is 0 Å². The lowest BCUT2D eigenvalue weighted by molar-refractivity contribution is 0.0656. The molecule has 0 saturated heterocycles. The van der Waals surface area contributed by atoms with Gasteiger partial charge in [0.2, 0.25) is 11.7 Å². The molecule has 0 saturated carbocycles. The van der Waals surface area contributed by atoms with E-state index in [4.69, 9.17) is 14.3 Å². The third kappa shape index (κ3) is 2.85. The molecule has 0 unspecified atom stereocenters. The maximum absolute atomic E-state index is 11.1. The number of aromatic nitrogens is 1. The number of carboxylic acids is 1. The van der Waals surface area contributed by atoms with Crippen LogP contribution in [0.15, 0.2) is 27.1 Å². The molecule has 19 heavy (non-hydrogen) atoms. The zero-order chi connectivity index (χ0) is 14.0. The number of benzene rings is 1. The monoisotopic (exact) mass is 325 g/mol. The van der Waals surface area contributed by atoms with Crippen LogP contribution in [0.3, 0.4) is 0 Å². The Morgan fingerprint density at radius 3 is 2.84 bits per heavy atom. The number of carbonyl (C=O) groups is 1. The van der Waals surface area contributed by atoms with Crippen LogP contribution in [-0.2, 0) is 11.3 Å². The quantitative estimate of drug-likeness (QED) is 0.934. The van der Waals surface area contributed by atoms with Crippen molar-refractivity contribution in [1.29, 1.82) is 0 Å². The molecule has 0 bridgehead atoms. The standard InChI is InChI=1S/C13H12BrNO4/c1-7-3-4-8(9(14)5-7)12-15-10(6-18-2)11(19-12)13(16)17/h3-5H,6H2,1-2H3,(H,16,17). The fourth-order valence-electron chi connectivity index (χ4n) is 1.66. The van der Waals surface area contributed by atoms with E-state index < -0.39 is 5.97 Å². The average Bonchev–Trinajstić information content (AvgIpc) is 2.73. The topological polar surface area (TPSA) is 72.6 Å². The van der Waals surface area contributed by atoms with Gasteiger partial charge in [0.25, 0.3) is 0 Å². The molecule has 0 aliphatic rings. The summed E-state index contributed by atoms with van der Waals surface area (Å²) in [7, 11) is 1.47. The highest BCUT2D eigenvalue weighted by Gasteiger charge is 2.21. The highest BCUT2D eigenvalue weighted by Crippen LogP contribution is 2.30. The van der Waals surface area contributed by atoms with Crippen molar-refractivity contribution >= 4 is 21.9 Å². The van der Waals surface area contributed by atoms with E-state index in [9.17, 15) is 4.79 Å². The lowest BCUT2D eigenvalue weighted by atomic mass is 10.1. The highest BCUT2D eigenvalue weighted by atomic mass is 79.9. The summed E-state index contributed by atoms with van der Waals surface area (Å²) >= 11 is 3.41. The van der Waals surface area contributed by atoms with E-state index in [0.717, 1.165) is 10.0 Å². The van der Waals surface area contributed by atoms with Gasteiger partial charge in [0.15, 0.2) is 0 Å². The van der Waals surface area contributed by atoms with Crippen LogP contribution >= 0.6 is 15.9 Å². The van der Waals surface area contributed by atoms with Gasteiger partial charge < -0.3 is 14.3 Å². The summed E-state index contributed by atoms with van der Waals surface area (Å²) in [4.78, 5) is 15.3. The Bertz CT molecular complexity index is 621. The number of aryl methyl sites for hydroxylation is 1. The molecular formula is C13H12BrNO4. The van der Waals surface area contributed by atoms with Gasteiger partial charge in [-0.15, -0.1) is 0 Å². The van der Waals surface area contributed by atoms with E-state index in [2.05, 4.69) is 20.9 Å². The molecular weight excluding hydrogens is 314 g/mol. The minimum absolute atomic E-state index is 0.0919. The molecule has 6 heteroatoms. The number of aromatic carboxylic acids is 1. The molecule has 0 atom stereocenters. The minimum atomic E-state index is -1.16. The number of carboxylic acid groups (broad SMARTS) is 1. The van der Waals surface area contributed by atoms with Crippen LogP contribution in [0.1, 0.15) is 21.8 Å². The summed E-state index contributed by atoms with van der Waals surface area (Å²) in [5.74, 6) is -1.09. The number of hydrogen-bond acceptors (Lipinski definition) is 4. The summed E-state index contributed by atoms with van der Waals surface area (Å²) in [6.45, 7) is 2.05. The van der Waals surface area contributed by atoms with Gasteiger partial charge in [-0.3, -0.25) is 0 Å². The van der Waals surface area contributed by atoms with E-state index in [1.165, 1.54) is 7.11 Å². The molecule has 0 fully saturated rings. The van der Waals surface area contributed by atoms with Gasteiger partial charge in [-0.2, -0.15) is 0 Å². The first kappa shape index (κ1) is 13.8. The van der Waals surface area contributed by atoms with Gasteiger partial charge >= 0.3 is 5.97 Å². The molecule has 1 aromatic carbocycles. The Hall–Kier alpha value is -1.66. The SMILES string of the molecule is COCc1nc(-c2ccc(C)cc2Br)oc1C(=O)O. The Balaban J connectivity index is 2.50. The maximum atomic E-state index is 11.1. The molecule has 1 aromatic heterocycles. The number of oxazole rings is 1. The molecule has 1 N–H and O–H groups in total. The fraction of sp³-hybridized carbons (Fsp3) is 0.231. The van der Waals surface area contributed by atoms with Crippen LogP contribution in [0.2, 0.25) is 0 Å². The van der Waals surface area contributed by atoms with Gasteiger partial charge in [0.05, 0.1) is 12.2 Å². The average molecular weight is 326 g/mol. The van der Waals surface area contributed by atoms with Crippen LogP contribution in [0.25, 0.3) is 11.5 Å². The molecule has 100 valence electrons. The maximum Gasteiger partial charge on any atom is 0.373 e. The fourth-order valence-corrected chi connectivity index (χ4v) is 2.33. The van der Waals surface area contributed by atoms with Crippen LogP contribution in [0, 0.1) is 6.92 Å². The molecule has 5 nitrogen and oxygen atoms in total. The molecule has 0 aliphatic heterocycles. The molecule has 2 rings (SSSR count). The lowest BCUT2D eigenvalue weighted by Gasteiger charge is -2.00. The van der Waals surface area contributed by atoms with Crippen molar-refractivity contribution in [3.63, 3.8) is 0 Å². The summed E-state index contributed by atoms with van der Waals surface area (Å²) in [5, 5.41) is 9.06. The number of halogens is 1. The zero-order valence-electron chi connectivity index (χ0n) is 10.4. The summed E-state index contributed by atoms with van der Waals surface area (Å²) in [6, 6.07) is 5.64. The second kappa shape index (κ2) is 5.54.